The van der Waals surface area contributed by atoms with E-state index in [0.29, 0.717) is 27.9 Å². The van der Waals surface area contributed by atoms with Crippen molar-refractivity contribution < 1.29 is 9.59 Å². The number of rotatable bonds is 5. The van der Waals surface area contributed by atoms with E-state index in [1.807, 2.05) is 19.1 Å². The Labute approximate surface area is 148 Å². The molecular formula is C16H16N6O2S. The molecule has 0 atom stereocenters. The Morgan fingerprint density at radius 1 is 1.04 bits per heavy atom. The van der Waals surface area contributed by atoms with Gasteiger partial charge < -0.3 is 10.6 Å². The number of amides is 2. The van der Waals surface area contributed by atoms with Gasteiger partial charge in [-0.1, -0.05) is 11.8 Å². The number of carbonyl (C=O) groups excluding carboxylic acids is 2. The Hall–Kier alpha value is -2.94. The largest absolute Gasteiger partial charge is 0.326 e. The number of benzene rings is 1. The van der Waals surface area contributed by atoms with E-state index >= 15 is 0 Å². The number of carbonyl (C=O) groups is 2. The highest BCUT2D eigenvalue weighted by atomic mass is 32.2. The van der Waals surface area contributed by atoms with E-state index in [1.54, 1.807) is 28.8 Å². The van der Waals surface area contributed by atoms with Crippen LogP contribution in [0.15, 0.2) is 41.4 Å². The average molecular weight is 356 g/mol. The van der Waals surface area contributed by atoms with Gasteiger partial charge in [-0.25, -0.2) is 0 Å². The van der Waals surface area contributed by atoms with Crippen LogP contribution in [-0.4, -0.2) is 37.4 Å². The van der Waals surface area contributed by atoms with Crippen molar-refractivity contribution >= 4 is 40.6 Å². The molecule has 8 nitrogen and oxygen atoms in total. The Balaban J connectivity index is 1.56. The van der Waals surface area contributed by atoms with Crippen LogP contribution in [0.25, 0.3) is 5.65 Å². The molecule has 0 aliphatic rings. The van der Waals surface area contributed by atoms with Crippen LogP contribution in [0.1, 0.15) is 12.7 Å². The highest BCUT2D eigenvalue weighted by Gasteiger charge is 2.07. The van der Waals surface area contributed by atoms with E-state index < -0.39 is 0 Å². The lowest BCUT2D eigenvalue weighted by Gasteiger charge is -2.07. The van der Waals surface area contributed by atoms with E-state index in [2.05, 4.69) is 25.9 Å². The first kappa shape index (κ1) is 16.9. The van der Waals surface area contributed by atoms with Crippen molar-refractivity contribution in [3.05, 3.63) is 42.2 Å². The Kier molecular flexibility index (Phi) is 4.94. The predicted octanol–water partition coefficient (Wildman–Crippen LogP) is 2.12. The molecule has 128 valence electrons. The number of nitrogens with one attached hydrogen (secondary N) is 2. The van der Waals surface area contributed by atoms with Gasteiger partial charge in [0.2, 0.25) is 11.8 Å². The predicted molar refractivity (Wildman–Crippen MR) is 95.6 cm³/mol. The highest BCUT2D eigenvalue weighted by molar-refractivity contribution is 7.99. The van der Waals surface area contributed by atoms with Crippen LogP contribution in [0.2, 0.25) is 0 Å². The summed E-state index contributed by atoms with van der Waals surface area (Å²) < 4.78 is 1.64. The Bertz CT molecular complexity index is 922. The number of hydrogen-bond acceptors (Lipinski definition) is 6. The normalized spacial score (nSPS) is 10.6. The summed E-state index contributed by atoms with van der Waals surface area (Å²) >= 11 is 1.33. The average Bonchev–Trinajstić information content (AvgIpc) is 2.95. The SMILES string of the molecule is CC(=O)Nc1ccc(NC(=O)CSc2ccc3nnc(C)n3n2)cc1. The van der Waals surface area contributed by atoms with Crippen molar-refractivity contribution in [1.82, 2.24) is 19.8 Å². The minimum Gasteiger partial charge on any atom is -0.326 e. The van der Waals surface area contributed by atoms with Crippen LogP contribution < -0.4 is 10.6 Å². The van der Waals surface area contributed by atoms with E-state index in [0.717, 1.165) is 0 Å². The second-order valence-corrected chi connectivity index (χ2v) is 6.28. The fourth-order valence-corrected chi connectivity index (χ4v) is 2.79. The number of anilines is 2. The number of hydrogen-bond donors (Lipinski definition) is 2. The van der Waals surface area contributed by atoms with E-state index in [9.17, 15) is 9.59 Å². The summed E-state index contributed by atoms with van der Waals surface area (Å²) in [6, 6.07) is 10.6. The number of nitrogens with zero attached hydrogens (tertiary/aromatic N) is 4. The quantitative estimate of drug-likeness (QED) is 0.679. The van der Waals surface area contributed by atoms with Gasteiger partial charge in [-0.15, -0.1) is 10.2 Å². The maximum Gasteiger partial charge on any atom is 0.234 e. The van der Waals surface area contributed by atoms with Gasteiger partial charge in [-0.05, 0) is 43.3 Å². The molecule has 2 heterocycles. The minimum absolute atomic E-state index is 0.138. The van der Waals surface area contributed by atoms with Crippen LogP contribution in [0.3, 0.4) is 0 Å². The minimum atomic E-state index is -0.139. The zero-order chi connectivity index (χ0) is 17.8. The molecule has 3 rings (SSSR count). The van der Waals surface area contributed by atoms with Crippen LogP contribution in [0.5, 0.6) is 0 Å². The molecule has 25 heavy (non-hydrogen) atoms. The molecule has 9 heteroatoms. The molecule has 1 aromatic carbocycles. The van der Waals surface area contributed by atoms with Gasteiger partial charge in [0, 0.05) is 18.3 Å². The molecular weight excluding hydrogens is 340 g/mol. The molecule has 0 radical (unpaired) electrons. The zero-order valence-electron chi connectivity index (χ0n) is 13.7. The van der Waals surface area contributed by atoms with Crippen LogP contribution in [0.4, 0.5) is 11.4 Å². The molecule has 0 bridgehead atoms. The molecule has 0 spiro atoms. The lowest BCUT2D eigenvalue weighted by molar-refractivity contribution is -0.114. The van der Waals surface area contributed by atoms with Crippen molar-refractivity contribution in [2.75, 3.05) is 16.4 Å². The maximum atomic E-state index is 12.1. The number of fused-ring (bicyclic) bond motifs is 1. The molecule has 0 saturated carbocycles. The zero-order valence-corrected chi connectivity index (χ0v) is 14.5. The van der Waals surface area contributed by atoms with Gasteiger partial charge in [0.15, 0.2) is 11.5 Å². The Morgan fingerprint density at radius 3 is 2.40 bits per heavy atom. The molecule has 0 aliphatic heterocycles. The first-order valence-corrected chi connectivity index (χ1v) is 8.49. The molecule has 3 aromatic rings. The second kappa shape index (κ2) is 7.31. The molecule has 2 amide bonds. The van der Waals surface area contributed by atoms with Crippen molar-refractivity contribution in [1.29, 1.82) is 0 Å². The summed E-state index contributed by atoms with van der Waals surface area (Å²) in [7, 11) is 0. The highest BCUT2D eigenvalue weighted by Crippen LogP contribution is 2.17. The molecule has 0 saturated heterocycles. The smallest absolute Gasteiger partial charge is 0.234 e. The van der Waals surface area contributed by atoms with Gasteiger partial charge >= 0.3 is 0 Å². The molecule has 0 unspecified atom stereocenters. The van der Waals surface area contributed by atoms with Crippen molar-refractivity contribution in [3.8, 4) is 0 Å². The number of aromatic nitrogens is 4. The van der Waals surface area contributed by atoms with E-state index in [4.69, 9.17) is 0 Å². The molecule has 2 aromatic heterocycles. The van der Waals surface area contributed by atoms with Crippen molar-refractivity contribution in [3.63, 3.8) is 0 Å². The summed E-state index contributed by atoms with van der Waals surface area (Å²) in [6.07, 6.45) is 0. The monoisotopic (exact) mass is 356 g/mol. The van der Waals surface area contributed by atoms with E-state index in [-0.39, 0.29) is 17.6 Å². The first-order valence-electron chi connectivity index (χ1n) is 7.50. The molecule has 0 aliphatic carbocycles. The summed E-state index contributed by atoms with van der Waals surface area (Å²) in [5.74, 6) is 0.648. The van der Waals surface area contributed by atoms with Gasteiger partial charge in [-0.3, -0.25) is 9.59 Å². The van der Waals surface area contributed by atoms with Crippen LogP contribution >= 0.6 is 11.8 Å². The van der Waals surface area contributed by atoms with Crippen molar-refractivity contribution in [2.45, 2.75) is 18.9 Å². The lowest BCUT2D eigenvalue weighted by atomic mass is 10.3. The number of thioether (sulfide) groups is 1. The van der Waals surface area contributed by atoms with Gasteiger partial charge in [0.25, 0.3) is 0 Å². The fraction of sp³-hybridized carbons (Fsp3) is 0.188. The number of aryl methyl sites for hydroxylation is 1. The van der Waals surface area contributed by atoms with Gasteiger partial charge in [0.05, 0.1) is 5.75 Å². The third kappa shape index (κ3) is 4.32. The lowest BCUT2D eigenvalue weighted by Crippen LogP contribution is -2.14. The summed E-state index contributed by atoms with van der Waals surface area (Å²) in [4.78, 5) is 23.1. The third-order valence-electron chi connectivity index (χ3n) is 3.23. The topological polar surface area (TPSA) is 101 Å². The second-order valence-electron chi connectivity index (χ2n) is 5.28. The fourth-order valence-electron chi connectivity index (χ4n) is 2.13. The summed E-state index contributed by atoms with van der Waals surface area (Å²) in [5, 5.41) is 18.5. The van der Waals surface area contributed by atoms with E-state index in [1.165, 1.54) is 18.7 Å². The van der Waals surface area contributed by atoms with Crippen molar-refractivity contribution in [2.24, 2.45) is 0 Å². The van der Waals surface area contributed by atoms with Gasteiger partial charge in [0.1, 0.15) is 5.03 Å². The Morgan fingerprint density at radius 2 is 1.72 bits per heavy atom. The standard InChI is InChI=1S/C16H16N6O2S/c1-10-19-20-14-7-8-16(21-22(10)14)25-9-15(24)18-13-5-3-12(4-6-13)17-11(2)23/h3-8H,9H2,1-2H3,(H,17,23)(H,18,24). The van der Waals surface area contributed by atoms with Crippen LogP contribution in [0, 0.1) is 6.92 Å². The molecule has 2 N–H and O–H groups in total. The van der Waals surface area contributed by atoms with Gasteiger partial charge in [-0.2, -0.15) is 9.61 Å². The first-order chi connectivity index (χ1) is 12.0. The van der Waals surface area contributed by atoms with Crippen LogP contribution in [-0.2, 0) is 9.59 Å². The third-order valence-corrected chi connectivity index (χ3v) is 4.15. The maximum absolute atomic E-state index is 12.1. The summed E-state index contributed by atoms with van der Waals surface area (Å²) in [6.45, 7) is 3.26. The summed E-state index contributed by atoms with van der Waals surface area (Å²) in [5.41, 5.74) is 2.02. The molecule has 0 fully saturated rings.